The molecule has 0 aliphatic heterocycles. The van der Waals surface area contributed by atoms with Crippen molar-refractivity contribution in [2.45, 2.75) is 82.2 Å². The standard InChI is InChI=1S/C27H38NO5P/c1-30-24-18-19-26(31-2)25(20-24)27(28-21-12-6-3-7-13-21)34(29,32-22-14-8-4-9-15-22)33-23-16-10-5-11-17-23/h3,6-7,12-13,18-20,22-23,27-28H,4-5,8-11,14-17H2,1-2H3/t27-/m0/s1. The van der Waals surface area contributed by atoms with Gasteiger partial charge < -0.3 is 23.8 Å². The van der Waals surface area contributed by atoms with E-state index < -0.39 is 13.4 Å². The third kappa shape index (κ3) is 6.35. The Morgan fingerprint density at radius 2 is 1.38 bits per heavy atom. The first-order valence-electron chi connectivity index (χ1n) is 12.6. The summed E-state index contributed by atoms with van der Waals surface area (Å²) in [6, 6.07) is 15.4. The van der Waals surface area contributed by atoms with E-state index >= 15 is 0 Å². The quantitative estimate of drug-likeness (QED) is 0.346. The molecule has 1 atom stereocenters. The SMILES string of the molecule is COc1ccc(OC)c([C@@H](Nc2ccccc2)P(=O)(OC2CCCCC2)OC2CCCCC2)c1. The summed E-state index contributed by atoms with van der Waals surface area (Å²) in [5.74, 6) is 0.551. The fraction of sp³-hybridized carbons (Fsp3) is 0.556. The highest BCUT2D eigenvalue weighted by atomic mass is 31.2. The lowest BCUT2D eigenvalue weighted by Gasteiger charge is -2.36. The molecular weight excluding hydrogens is 449 g/mol. The number of anilines is 1. The molecule has 34 heavy (non-hydrogen) atoms. The van der Waals surface area contributed by atoms with Crippen LogP contribution < -0.4 is 14.8 Å². The van der Waals surface area contributed by atoms with Crippen molar-refractivity contribution in [3.05, 3.63) is 54.1 Å². The molecule has 1 N–H and O–H groups in total. The highest BCUT2D eigenvalue weighted by molar-refractivity contribution is 7.54. The number of benzene rings is 2. The molecule has 0 saturated heterocycles. The van der Waals surface area contributed by atoms with Gasteiger partial charge in [0.05, 0.1) is 26.4 Å². The molecule has 0 aromatic heterocycles. The van der Waals surface area contributed by atoms with E-state index in [4.69, 9.17) is 18.5 Å². The normalized spacial score (nSPS) is 18.9. The number of nitrogens with one attached hydrogen (secondary N) is 1. The van der Waals surface area contributed by atoms with E-state index in [1.807, 2.05) is 48.5 Å². The van der Waals surface area contributed by atoms with Crippen LogP contribution >= 0.6 is 7.60 Å². The number of para-hydroxylation sites is 1. The number of methoxy groups -OCH3 is 2. The Morgan fingerprint density at radius 1 is 0.794 bits per heavy atom. The van der Waals surface area contributed by atoms with Crippen LogP contribution in [-0.2, 0) is 13.6 Å². The Kier molecular flexibility index (Phi) is 8.93. The Bertz CT molecular complexity index is 917. The lowest BCUT2D eigenvalue weighted by atomic mass is 9.98. The largest absolute Gasteiger partial charge is 0.497 e. The molecule has 0 heterocycles. The van der Waals surface area contributed by atoms with Gasteiger partial charge >= 0.3 is 7.60 Å². The second-order valence-corrected chi connectivity index (χ2v) is 11.3. The number of rotatable bonds is 10. The highest BCUT2D eigenvalue weighted by Gasteiger charge is 2.43. The van der Waals surface area contributed by atoms with Crippen LogP contribution in [0.3, 0.4) is 0 Å². The molecule has 186 valence electrons. The van der Waals surface area contributed by atoms with E-state index in [1.54, 1.807) is 14.2 Å². The van der Waals surface area contributed by atoms with Crippen LogP contribution in [0, 0.1) is 0 Å². The van der Waals surface area contributed by atoms with Gasteiger partial charge in [-0.1, -0.05) is 56.7 Å². The van der Waals surface area contributed by atoms with Gasteiger partial charge in [0.2, 0.25) is 0 Å². The molecule has 2 aliphatic rings. The first-order valence-corrected chi connectivity index (χ1v) is 14.2. The van der Waals surface area contributed by atoms with Gasteiger partial charge in [0.15, 0.2) is 5.78 Å². The average Bonchev–Trinajstić information content (AvgIpc) is 2.88. The molecule has 2 fully saturated rings. The Balaban J connectivity index is 1.76. The van der Waals surface area contributed by atoms with Crippen molar-refractivity contribution in [3.8, 4) is 11.5 Å². The summed E-state index contributed by atoms with van der Waals surface area (Å²) in [6.07, 6.45) is 10.3. The minimum absolute atomic E-state index is 0.0696. The van der Waals surface area contributed by atoms with Crippen molar-refractivity contribution >= 4 is 13.3 Å². The van der Waals surface area contributed by atoms with E-state index in [9.17, 15) is 4.57 Å². The monoisotopic (exact) mass is 487 g/mol. The highest BCUT2D eigenvalue weighted by Crippen LogP contribution is 2.65. The number of ether oxygens (including phenoxy) is 2. The maximum absolute atomic E-state index is 14.9. The smallest absolute Gasteiger partial charge is 0.357 e. The van der Waals surface area contributed by atoms with Crippen LogP contribution in [-0.4, -0.2) is 26.4 Å². The van der Waals surface area contributed by atoms with E-state index in [0.717, 1.165) is 57.1 Å². The van der Waals surface area contributed by atoms with E-state index in [0.29, 0.717) is 17.1 Å². The summed E-state index contributed by atoms with van der Waals surface area (Å²) in [5.41, 5.74) is 1.55. The Morgan fingerprint density at radius 3 is 1.91 bits per heavy atom. The number of hydrogen-bond acceptors (Lipinski definition) is 6. The summed E-state index contributed by atoms with van der Waals surface area (Å²) >= 11 is 0. The van der Waals surface area contributed by atoms with Crippen LogP contribution in [0.25, 0.3) is 0 Å². The molecule has 0 amide bonds. The van der Waals surface area contributed by atoms with Gasteiger partial charge in [-0.05, 0) is 56.0 Å². The van der Waals surface area contributed by atoms with Crippen molar-refractivity contribution in [2.75, 3.05) is 19.5 Å². The third-order valence-corrected chi connectivity index (χ3v) is 9.04. The zero-order chi connectivity index (χ0) is 23.8. The summed E-state index contributed by atoms with van der Waals surface area (Å²) in [4.78, 5) is 0. The second kappa shape index (κ2) is 12.1. The lowest BCUT2D eigenvalue weighted by molar-refractivity contribution is 0.0757. The number of hydrogen-bond donors (Lipinski definition) is 1. The lowest BCUT2D eigenvalue weighted by Crippen LogP contribution is -2.25. The van der Waals surface area contributed by atoms with Gasteiger partial charge in [-0.2, -0.15) is 0 Å². The van der Waals surface area contributed by atoms with Crippen LogP contribution in [0.5, 0.6) is 11.5 Å². The molecule has 2 aromatic carbocycles. The maximum Gasteiger partial charge on any atom is 0.357 e. The van der Waals surface area contributed by atoms with Crippen molar-refractivity contribution in [1.29, 1.82) is 0 Å². The topological polar surface area (TPSA) is 66.0 Å². The zero-order valence-electron chi connectivity index (χ0n) is 20.4. The summed E-state index contributed by atoms with van der Waals surface area (Å²) in [5, 5.41) is 3.49. The van der Waals surface area contributed by atoms with E-state index in [2.05, 4.69) is 5.32 Å². The first kappa shape index (κ1) is 25.1. The minimum Gasteiger partial charge on any atom is -0.497 e. The van der Waals surface area contributed by atoms with Gasteiger partial charge in [0.1, 0.15) is 11.5 Å². The summed E-state index contributed by atoms with van der Waals surface area (Å²) in [7, 11) is -0.419. The van der Waals surface area contributed by atoms with Gasteiger partial charge in [-0.15, -0.1) is 0 Å². The molecule has 7 heteroatoms. The average molecular weight is 488 g/mol. The van der Waals surface area contributed by atoms with Crippen molar-refractivity contribution < 1.29 is 23.1 Å². The molecule has 0 radical (unpaired) electrons. The van der Waals surface area contributed by atoms with E-state index in [1.165, 1.54) is 12.8 Å². The molecule has 2 aromatic rings. The van der Waals surface area contributed by atoms with Crippen molar-refractivity contribution in [1.82, 2.24) is 0 Å². The van der Waals surface area contributed by atoms with Crippen molar-refractivity contribution in [2.24, 2.45) is 0 Å². The molecular formula is C27H38NO5P. The summed E-state index contributed by atoms with van der Waals surface area (Å²) in [6.45, 7) is 0. The summed E-state index contributed by atoms with van der Waals surface area (Å²) < 4.78 is 39.2. The maximum atomic E-state index is 14.9. The Hall–Kier alpha value is -2.01. The molecule has 2 saturated carbocycles. The van der Waals surface area contributed by atoms with E-state index in [-0.39, 0.29) is 12.2 Å². The molecule has 4 rings (SSSR count). The predicted molar refractivity (Wildman–Crippen MR) is 136 cm³/mol. The molecule has 2 aliphatic carbocycles. The van der Waals surface area contributed by atoms with Crippen LogP contribution in [0.1, 0.15) is 75.6 Å². The predicted octanol–water partition coefficient (Wildman–Crippen LogP) is 7.71. The molecule has 0 spiro atoms. The van der Waals surface area contributed by atoms with Gasteiger partial charge in [-0.25, -0.2) is 0 Å². The minimum atomic E-state index is -3.67. The van der Waals surface area contributed by atoms with Gasteiger partial charge in [0, 0.05) is 11.3 Å². The fourth-order valence-electron chi connectivity index (χ4n) is 4.98. The van der Waals surface area contributed by atoms with Crippen LogP contribution in [0.2, 0.25) is 0 Å². The third-order valence-electron chi connectivity index (χ3n) is 6.82. The molecule has 0 bridgehead atoms. The molecule has 6 nitrogen and oxygen atoms in total. The van der Waals surface area contributed by atoms with Gasteiger partial charge in [-0.3, -0.25) is 4.57 Å². The molecule has 0 unspecified atom stereocenters. The fourth-order valence-corrected chi connectivity index (χ4v) is 7.37. The van der Waals surface area contributed by atoms with Crippen molar-refractivity contribution in [3.63, 3.8) is 0 Å². The Labute approximate surface area is 203 Å². The van der Waals surface area contributed by atoms with Crippen LogP contribution in [0.4, 0.5) is 5.69 Å². The zero-order valence-corrected chi connectivity index (χ0v) is 21.3. The first-order chi connectivity index (χ1) is 16.6. The van der Waals surface area contributed by atoms with Gasteiger partial charge in [0.25, 0.3) is 0 Å². The van der Waals surface area contributed by atoms with Crippen LogP contribution in [0.15, 0.2) is 48.5 Å². The second-order valence-electron chi connectivity index (χ2n) is 9.29.